The summed E-state index contributed by atoms with van der Waals surface area (Å²) < 4.78 is 52.9. The van der Waals surface area contributed by atoms with Gasteiger partial charge in [0.05, 0.1) is 13.2 Å². The van der Waals surface area contributed by atoms with Crippen LogP contribution >= 0.6 is 0 Å². The fourth-order valence-corrected chi connectivity index (χ4v) is 4.29. The van der Waals surface area contributed by atoms with Gasteiger partial charge in [-0.3, -0.25) is 4.79 Å². The number of carbonyl (C=O) groups is 1. The molecule has 10 nitrogen and oxygen atoms in total. The fraction of sp³-hybridized carbons (Fsp3) is 0.310. The monoisotopic (exact) mass is 583 g/mol. The number of aliphatic hydroxyl groups is 1. The van der Waals surface area contributed by atoms with Gasteiger partial charge in [0.1, 0.15) is 18.1 Å². The predicted molar refractivity (Wildman–Crippen MR) is 147 cm³/mol. The van der Waals surface area contributed by atoms with E-state index in [2.05, 4.69) is 20.1 Å². The van der Waals surface area contributed by atoms with Crippen molar-refractivity contribution in [1.29, 1.82) is 0 Å². The number of azide groups is 1. The van der Waals surface area contributed by atoms with Gasteiger partial charge in [-0.2, -0.15) is 0 Å². The molecule has 220 valence electrons. The first kappa shape index (κ1) is 30.2. The van der Waals surface area contributed by atoms with Crippen molar-refractivity contribution >= 4 is 11.8 Å². The van der Waals surface area contributed by atoms with E-state index >= 15 is 0 Å². The summed E-state index contributed by atoms with van der Waals surface area (Å²) >= 11 is 0. The van der Waals surface area contributed by atoms with Crippen molar-refractivity contribution in [1.82, 2.24) is 5.32 Å². The Labute approximate surface area is 239 Å². The van der Waals surface area contributed by atoms with E-state index in [4.69, 9.17) is 25.1 Å². The van der Waals surface area contributed by atoms with Gasteiger partial charge >= 0.3 is 6.36 Å². The number of rotatable bonds is 13. The molecule has 2 N–H and O–H groups in total. The first-order chi connectivity index (χ1) is 20.2. The summed E-state index contributed by atoms with van der Waals surface area (Å²) in [6.07, 6.45) is -4.16. The zero-order valence-electron chi connectivity index (χ0n) is 22.4. The fourth-order valence-electron chi connectivity index (χ4n) is 4.29. The molecule has 0 bridgehead atoms. The Balaban J connectivity index is 1.57. The molecular formula is C29H28F3N5O5. The lowest BCUT2D eigenvalue weighted by atomic mass is 9.89. The number of carbonyl (C=O) groups excluding carboxylic acids is 1. The van der Waals surface area contributed by atoms with Crippen LogP contribution in [0.3, 0.4) is 0 Å². The molecule has 0 unspecified atom stereocenters. The van der Waals surface area contributed by atoms with E-state index in [9.17, 15) is 18.0 Å². The third-order valence-electron chi connectivity index (χ3n) is 6.37. The SMILES string of the molecule is [N-]=[N+]=NCc1ccccc1C[C@]1(C(=O)NCc2ccc(OC(F)(F)F)cc2)COC(c2ccc(OCCCO)cc2)=N1. The van der Waals surface area contributed by atoms with Crippen molar-refractivity contribution in [2.24, 2.45) is 10.1 Å². The van der Waals surface area contributed by atoms with Crippen LogP contribution in [0.1, 0.15) is 28.7 Å². The zero-order valence-corrected chi connectivity index (χ0v) is 22.4. The van der Waals surface area contributed by atoms with E-state index in [1.807, 2.05) is 6.07 Å². The van der Waals surface area contributed by atoms with E-state index in [-0.39, 0.29) is 44.4 Å². The van der Waals surface area contributed by atoms with Crippen LogP contribution in [0.25, 0.3) is 10.4 Å². The number of amides is 1. The highest BCUT2D eigenvalue weighted by Gasteiger charge is 2.44. The summed E-state index contributed by atoms with van der Waals surface area (Å²) in [5, 5.41) is 15.4. The Kier molecular flexibility index (Phi) is 9.89. The smallest absolute Gasteiger partial charge is 0.494 e. The third-order valence-corrected chi connectivity index (χ3v) is 6.37. The maximum atomic E-state index is 13.7. The second-order valence-corrected chi connectivity index (χ2v) is 9.40. The standard InChI is InChI=1S/C29H28F3N5O5/c30-29(31,32)42-25-10-6-20(7-11-25)17-34-27(39)28(16-22-4-1-2-5-23(22)18-35-37-33)19-41-26(36-28)21-8-12-24(13-9-21)40-15-3-14-38/h1-2,4-13,38H,3,14-19H2,(H,34,39)/t28-/m1/s1. The molecule has 0 saturated heterocycles. The van der Waals surface area contributed by atoms with Crippen LogP contribution in [0.2, 0.25) is 0 Å². The van der Waals surface area contributed by atoms with E-state index < -0.39 is 17.8 Å². The molecule has 42 heavy (non-hydrogen) atoms. The molecule has 0 fully saturated rings. The maximum Gasteiger partial charge on any atom is 0.573 e. The largest absolute Gasteiger partial charge is 0.573 e. The molecule has 0 aliphatic carbocycles. The van der Waals surface area contributed by atoms with Crippen LogP contribution in [0.5, 0.6) is 11.5 Å². The first-order valence-electron chi connectivity index (χ1n) is 13.0. The number of ether oxygens (including phenoxy) is 3. The Bertz CT molecular complexity index is 1440. The minimum atomic E-state index is -4.80. The van der Waals surface area contributed by atoms with E-state index in [0.29, 0.717) is 29.9 Å². The predicted octanol–water partition coefficient (Wildman–Crippen LogP) is 5.23. The number of aliphatic hydroxyl groups excluding tert-OH is 1. The van der Waals surface area contributed by atoms with E-state index in [0.717, 1.165) is 11.1 Å². The number of halogens is 3. The molecule has 1 amide bonds. The van der Waals surface area contributed by atoms with Crippen LogP contribution in [-0.2, 0) is 29.0 Å². The number of alkyl halides is 3. The maximum absolute atomic E-state index is 13.7. The number of aliphatic imine (C=N–C) groups is 1. The number of hydrogen-bond donors (Lipinski definition) is 2. The normalized spacial score (nSPS) is 16.1. The molecule has 4 rings (SSSR count). The van der Waals surface area contributed by atoms with Gasteiger partial charge in [0.15, 0.2) is 5.54 Å². The molecule has 1 heterocycles. The summed E-state index contributed by atoms with van der Waals surface area (Å²) in [5.74, 6) is 0.0475. The van der Waals surface area contributed by atoms with Gasteiger partial charge in [0.2, 0.25) is 5.90 Å². The summed E-state index contributed by atoms with van der Waals surface area (Å²) in [6, 6.07) is 19.4. The Hall–Kier alpha value is -4.74. The van der Waals surface area contributed by atoms with Crippen LogP contribution in [0.15, 0.2) is 82.9 Å². The van der Waals surface area contributed by atoms with Gasteiger partial charge in [0, 0.05) is 36.5 Å². The van der Waals surface area contributed by atoms with Crippen molar-refractivity contribution in [3.8, 4) is 11.5 Å². The number of hydrogen-bond acceptors (Lipinski definition) is 7. The van der Waals surface area contributed by atoms with Crippen molar-refractivity contribution < 1.29 is 37.3 Å². The minimum absolute atomic E-state index is 0.0245. The van der Waals surface area contributed by atoms with Crippen molar-refractivity contribution in [2.75, 3.05) is 19.8 Å². The lowest BCUT2D eigenvalue weighted by Crippen LogP contribution is -2.48. The summed E-state index contributed by atoms with van der Waals surface area (Å²) in [7, 11) is 0. The Morgan fingerprint density at radius 3 is 2.43 bits per heavy atom. The van der Waals surface area contributed by atoms with Crippen molar-refractivity contribution in [2.45, 2.75) is 37.8 Å². The molecule has 0 spiro atoms. The molecule has 0 radical (unpaired) electrons. The summed E-state index contributed by atoms with van der Waals surface area (Å²) in [4.78, 5) is 21.3. The first-order valence-corrected chi connectivity index (χ1v) is 13.0. The third kappa shape index (κ3) is 8.15. The average molecular weight is 584 g/mol. The molecule has 1 aliphatic rings. The molecule has 1 aliphatic heterocycles. The number of nitrogens with zero attached hydrogens (tertiary/aromatic N) is 4. The van der Waals surface area contributed by atoms with E-state index in [1.54, 1.807) is 42.5 Å². The second-order valence-electron chi connectivity index (χ2n) is 9.40. The molecule has 13 heteroatoms. The van der Waals surface area contributed by atoms with E-state index in [1.165, 1.54) is 24.3 Å². The van der Waals surface area contributed by atoms with Gasteiger partial charge in [-0.15, -0.1) is 13.2 Å². The highest BCUT2D eigenvalue weighted by atomic mass is 19.4. The summed E-state index contributed by atoms with van der Waals surface area (Å²) in [6.45, 7) is 0.432. The van der Waals surface area contributed by atoms with Crippen LogP contribution < -0.4 is 14.8 Å². The Morgan fingerprint density at radius 2 is 1.76 bits per heavy atom. The highest BCUT2D eigenvalue weighted by molar-refractivity contribution is 6.00. The molecule has 3 aromatic carbocycles. The van der Waals surface area contributed by atoms with Crippen LogP contribution in [-0.4, -0.2) is 48.6 Å². The van der Waals surface area contributed by atoms with Crippen LogP contribution in [0, 0.1) is 0 Å². The highest BCUT2D eigenvalue weighted by Crippen LogP contribution is 2.29. The van der Waals surface area contributed by atoms with Gasteiger partial charge in [0.25, 0.3) is 5.91 Å². The average Bonchev–Trinajstić information content (AvgIpc) is 3.41. The van der Waals surface area contributed by atoms with Crippen molar-refractivity contribution in [3.63, 3.8) is 0 Å². The lowest BCUT2D eigenvalue weighted by Gasteiger charge is -2.24. The van der Waals surface area contributed by atoms with Gasteiger partial charge < -0.3 is 24.6 Å². The topological polar surface area (TPSA) is 138 Å². The molecule has 0 aromatic heterocycles. The second kappa shape index (κ2) is 13.7. The molecule has 1 atom stereocenters. The van der Waals surface area contributed by atoms with Gasteiger partial charge in [-0.05, 0) is 58.6 Å². The molecular weight excluding hydrogens is 555 g/mol. The Morgan fingerprint density at radius 1 is 1.07 bits per heavy atom. The zero-order chi connectivity index (χ0) is 30.0. The molecule has 0 saturated carbocycles. The number of nitrogens with one attached hydrogen (secondary N) is 1. The lowest BCUT2D eigenvalue weighted by molar-refractivity contribution is -0.274. The molecule has 3 aromatic rings. The van der Waals surface area contributed by atoms with Gasteiger partial charge in [-0.1, -0.05) is 41.5 Å². The summed E-state index contributed by atoms with van der Waals surface area (Å²) in [5.41, 5.74) is 10.1. The minimum Gasteiger partial charge on any atom is -0.494 e. The van der Waals surface area contributed by atoms with Crippen LogP contribution in [0.4, 0.5) is 13.2 Å². The van der Waals surface area contributed by atoms with Crippen molar-refractivity contribution in [3.05, 3.63) is 105 Å². The number of benzene rings is 3. The quantitative estimate of drug-likeness (QED) is 0.123. The van der Waals surface area contributed by atoms with Gasteiger partial charge in [-0.25, -0.2) is 4.99 Å².